The van der Waals surface area contributed by atoms with Gasteiger partial charge in [-0.2, -0.15) is 13.2 Å². The average Bonchev–Trinajstić information content (AvgIpc) is 3.29. The number of halogens is 3. The lowest BCUT2D eigenvalue weighted by Gasteiger charge is -2.11. The molecule has 1 aliphatic rings. The van der Waals surface area contributed by atoms with Crippen LogP contribution in [-0.2, 0) is 15.7 Å². The molecule has 0 aliphatic heterocycles. The number of alkyl halides is 3. The van der Waals surface area contributed by atoms with E-state index in [9.17, 15) is 18.0 Å². The molecule has 0 spiro atoms. The summed E-state index contributed by atoms with van der Waals surface area (Å²) >= 11 is 0. The molecular weight excluding hydrogens is 417 g/mol. The van der Waals surface area contributed by atoms with E-state index >= 15 is 0 Å². The van der Waals surface area contributed by atoms with Crippen molar-refractivity contribution in [2.45, 2.75) is 90.7 Å². The van der Waals surface area contributed by atoms with Gasteiger partial charge in [0.25, 0.3) is 0 Å². The third-order valence-electron chi connectivity index (χ3n) is 5.37. The maximum atomic E-state index is 12.5. The van der Waals surface area contributed by atoms with Crippen LogP contribution in [0.2, 0.25) is 0 Å². The minimum Gasteiger partial charge on any atom is -0.494 e. The van der Waals surface area contributed by atoms with Crippen molar-refractivity contribution in [3.63, 3.8) is 0 Å². The number of ether oxygens (including phenoxy) is 2. The van der Waals surface area contributed by atoms with Crippen molar-refractivity contribution in [3.05, 3.63) is 42.0 Å². The molecule has 1 aliphatic carbocycles. The Balaban J connectivity index is 0.000000368. The first-order chi connectivity index (χ1) is 15.4. The molecule has 0 atom stereocenters. The highest BCUT2D eigenvalue weighted by atomic mass is 19.4. The molecule has 0 radical (unpaired) electrons. The molecule has 0 N–H and O–H groups in total. The molecule has 182 valence electrons. The normalized spacial score (nSPS) is 14.3. The van der Waals surface area contributed by atoms with Crippen molar-refractivity contribution in [1.29, 1.82) is 0 Å². The molecule has 1 aromatic rings. The zero-order valence-electron chi connectivity index (χ0n) is 19.6. The first kappa shape index (κ1) is 28.1. The van der Waals surface area contributed by atoms with Crippen LogP contribution in [0.5, 0.6) is 5.75 Å². The number of unbranched alkanes of at least 4 members (excludes halogenated alkanes) is 2. The van der Waals surface area contributed by atoms with Crippen LogP contribution < -0.4 is 4.74 Å². The lowest BCUT2D eigenvalue weighted by molar-refractivity contribution is -0.143. The predicted molar refractivity (Wildman–Crippen MR) is 123 cm³/mol. The fourth-order valence-electron chi connectivity index (χ4n) is 3.61. The highest BCUT2D eigenvalue weighted by Gasteiger charge is 2.30. The number of carbonyl (C=O) groups excluding carboxylic acids is 1. The first-order valence-corrected chi connectivity index (χ1v) is 11.9. The summed E-state index contributed by atoms with van der Waals surface area (Å²) in [5.74, 6) is 1.10. The van der Waals surface area contributed by atoms with Gasteiger partial charge < -0.3 is 9.47 Å². The number of carbonyl (C=O) groups is 1. The lowest BCUT2D eigenvalue weighted by Crippen LogP contribution is -2.05. The highest BCUT2D eigenvalue weighted by Crippen LogP contribution is 2.31. The molecule has 1 aromatic carbocycles. The van der Waals surface area contributed by atoms with E-state index in [0.29, 0.717) is 25.4 Å². The van der Waals surface area contributed by atoms with E-state index in [-0.39, 0.29) is 5.97 Å². The molecule has 0 saturated heterocycles. The Labute approximate surface area is 191 Å². The number of benzene rings is 1. The van der Waals surface area contributed by atoms with Crippen LogP contribution in [0.4, 0.5) is 13.2 Å². The van der Waals surface area contributed by atoms with E-state index in [1.807, 2.05) is 19.9 Å². The fraction of sp³-hybridized carbons (Fsp3) is 0.654. The van der Waals surface area contributed by atoms with Gasteiger partial charge in [0.2, 0.25) is 0 Å². The Morgan fingerprint density at radius 3 is 2.53 bits per heavy atom. The summed E-state index contributed by atoms with van der Waals surface area (Å²) < 4.78 is 47.9. The van der Waals surface area contributed by atoms with E-state index in [0.717, 1.165) is 50.2 Å². The summed E-state index contributed by atoms with van der Waals surface area (Å²) in [4.78, 5) is 10.9. The van der Waals surface area contributed by atoms with Crippen molar-refractivity contribution in [1.82, 2.24) is 0 Å². The Morgan fingerprint density at radius 2 is 1.88 bits per heavy atom. The third kappa shape index (κ3) is 13.4. The molecule has 32 heavy (non-hydrogen) atoms. The molecule has 0 amide bonds. The van der Waals surface area contributed by atoms with Crippen molar-refractivity contribution in [2.75, 3.05) is 13.2 Å². The van der Waals surface area contributed by atoms with E-state index in [1.165, 1.54) is 38.2 Å². The molecule has 1 fully saturated rings. The summed E-state index contributed by atoms with van der Waals surface area (Å²) in [5, 5.41) is 0. The molecule has 1 saturated carbocycles. The SMILES string of the molecule is C/C=C\CCCC(=O)OCCC.FC(F)(F)c1cccc(OCCCCC2CCCC2)c1. The van der Waals surface area contributed by atoms with Crippen molar-refractivity contribution in [2.24, 2.45) is 5.92 Å². The van der Waals surface area contributed by atoms with Crippen LogP contribution >= 0.6 is 0 Å². The Kier molecular flexibility index (Phi) is 14.6. The van der Waals surface area contributed by atoms with E-state index in [4.69, 9.17) is 9.47 Å². The Bertz CT molecular complexity index is 650. The molecule has 0 aromatic heterocycles. The lowest BCUT2D eigenvalue weighted by atomic mass is 10.0. The van der Waals surface area contributed by atoms with Gasteiger partial charge in [0.15, 0.2) is 0 Å². The second kappa shape index (κ2) is 16.6. The summed E-state index contributed by atoms with van der Waals surface area (Å²) in [5.41, 5.74) is -0.652. The number of hydrogen-bond acceptors (Lipinski definition) is 3. The molecule has 6 heteroatoms. The van der Waals surface area contributed by atoms with E-state index in [1.54, 1.807) is 6.07 Å². The maximum absolute atomic E-state index is 12.5. The van der Waals surface area contributed by atoms with E-state index in [2.05, 4.69) is 6.08 Å². The number of rotatable bonds is 12. The Morgan fingerprint density at radius 1 is 1.12 bits per heavy atom. The molecule has 0 bridgehead atoms. The summed E-state index contributed by atoms with van der Waals surface area (Å²) in [6.07, 6.45) is 11.7. The topological polar surface area (TPSA) is 35.5 Å². The Hall–Kier alpha value is -1.98. The van der Waals surface area contributed by atoms with Crippen LogP contribution in [0.15, 0.2) is 36.4 Å². The van der Waals surface area contributed by atoms with Gasteiger partial charge in [0.1, 0.15) is 5.75 Å². The van der Waals surface area contributed by atoms with Gasteiger partial charge in [-0.05, 0) is 63.1 Å². The summed E-state index contributed by atoms with van der Waals surface area (Å²) in [6, 6.07) is 5.09. The van der Waals surface area contributed by atoms with Crippen molar-refractivity contribution in [3.8, 4) is 5.75 Å². The molecule has 0 unspecified atom stereocenters. The summed E-state index contributed by atoms with van der Waals surface area (Å²) in [7, 11) is 0. The van der Waals surface area contributed by atoms with Gasteiger partial charge in [0, 0.05) is 6.42 Å². The molecule has 0 heterocycles. The average molecular weight is 457 g/mol. The zero-order chi connectivity index (χ0) is 23.7. The van der Waals surface area contributed by atoms with Crippen molar-refractivity contribution < 1.29 is 27.4 Å². The second-order valence-electron chi connectivity index (χ2n) is 8.20. The highest BCUT2D eigenvalue weighted by molar-refractivity contribution is 5.69. The predicted octanol–water partition coefficient (Wildman–Crippen LogP) is 8.13. The number of hydrogen-bond donors (Lipinski definition) is 0. The van der Waals surface area contributed by atoms with Crippen LogP contribution in [0.1, 0.15) is 90.0 Å². The molecular formula is C26H39F3O3. The monoisotopic (exact) mass is 456 g/mol. The van der Waals surface area contributed by atoms with Gasteiger partial charge in [-0.3, -0.25) is 4.79 Å². The van der Waals surface area contributed by atoms with Gasteiger partial charge in [-0.1, -0.05) is 57.2 Å². The van der Waals surface area contributed by atoms with Crippen LogP contribution in [-0.4, -0.2) is 19.2 Å². The fourth-order valence-corrected chi connectivity index (χ4v) is 3.61. The van der Waals surface area contributed by atoms with Gasteiger partial charge >= 0.3 is 12.1 Å². The van der Waals surface area contributed by atoms with Gasteiger partial charge in [-0.15, -0.1) is 0 Å². The van der Waals surface area contributed by atoms with Crippen LogP contribution in [0.3, 0.4) is 0 Å². The first-order valence-electron chi connectivity index (χ1n) is 11.9. The molecule has 3 nitrogen and oxygen atoms in total. The minimum absolute atomic E-state index is 0.0682. The quantitative estimate of drug-likeness (QED) is 0.181. The number of esters is 1. The van der Waals surface area contributed by atoms with Gasteiger partial charge in [-0.25, -0.2) is 0 Å². The largest absolute Gasteiger partial charge is 0.494 e. The molecule has 2 rings (SSSR count). The zero-order valence-corrected chi connectivity index (χ0v) is 19.6. The standard InChI is InChI=1S/C16H21F3O.C10H18O2/c17-16(18,19)14-9-5-10-15(12-14)20-11-4-3-8-13-6-1-2-7-13;1-3-5-6-7-8-10(11)12-9-4-2/h5,9-10,12-13H,1-4,6-8,11H2;3,5H,4,6-9H2,1-2H3/b;5-3-. The van der Waals surface area contributed by atoms with E-state index < -0.39 is 11.7 Å². The van der Waals surface area contributed by atoms with Crippen LogP contribution in [0, 0.1) is 5.92 Å². The maximum Gasteiger partial charge on any atom is 0.416 e. The smallest absolute Gasteiger partial charge is 0.416 e. The van der Waals surface area contributed by atoms with Crippen LogP contribution in [0.25, 0.3) is 0 Å². The minimum atomic E-state index is -4.30. The summed E-state index contributed by atoms with van der Waals surface area (Å²) in [6.45, 7) is 5.03. The van der Waals surface area contributed by atoms with Gasteiger partial charge in [0.05, 0.1) is 18.8 Å². The second-order valence-corrected chi connectivity index (χ2v) is 8.20. The third-order valence-corrected chi connectivity index (χ3v) is 5.37. The number of allylic oxidation sites excluding steroid dienone is 2. The van der Waals surface area contributed by atoms with Crippen molar-refractivity contribution >= 4 is 5.97 Å².